The van der Waals surface area contributed by atoms with Crippen LogP contribution < -0.4 is 5.32 Å². The molecule has 1 aliphatic rings. The smallest absolute Gasteiger partial charge is 0.272 e. The van der Waals surface area contributed by atoms with Gasteiger partial charge in [0, 0.05) is 12.4 Å². The third-order valence-electron chi connectivity index (χ3n) is 3.13. The molecular weight excluding hydrogens is 218 g/mol. The second kappa shape index (κ2) is 3.56. The quantitative estimate of drug-likeness (QED) is 0.812. The molecule has 2 aromatic heterocycles. The fourth-order valence-electron chi connectivity index (χ4n) is 1.82. The molecule has 88 valence electrons. The molecule has 0 unspecified atom stereocenters. The zero-order chi connectivity index (χ0) is 11.9. The third-order valence-corrected chi connectivity index (χ3v) is 3.13. The summed E-state index contributed by atoms with van der Waals surface area (Å²) in [6.45, 7) is -0.00783. The number of pyridine rings is 1. The minimum atomic E-state index is -0.396. The molecule has 0 aromatic carbocycles. The van der Waals surface area contributed by atoms with E-state index < -0.39 is 5.54 Å². The number of hydrogen-bond acceptors (Lipinski definition) is 3. The van der Waals surface area contributed by atoms with Gasteiger partial charge in [-0.15, -0.1) is 0 Å². The summed E-state index contributed by atoms with van der Waals surface area (Å²) in [5, 5.41) is 12.0. The number of aliphatic hydroxyl groups excluding tert-OH is 1. The van der Waals surface area contributed by atoms with Gasteiger partial charge in [0.15, 0.2) is 0 Å². The first kappa shape index (κ1) is 10.3. The second-order valence-electron chi connectivity index (χ2n) is 4.48. The van der Waals surface area contributed by atoms with Crippen LogP contribution in [0.1, 0.15) is 23.3 Å². The van der Waals surface area contributed by atoms with Crippen molar-refractivity contribution in [3.8, 4) is 0 Å². The summed E-state index contributed by atoms with van der Waals surface area (Å²) in [4.78, 5) is 16.2. The van der Waals surface area contributed by atoms with Crippen LogP contribution in [0.5, 0.6) is 0 Å². The fraction of sp³-hybridized carbons (Fsp3) is 0.333. The van der Waals surface area contributed by atoms with Gasteiger partial charge in [-0.2, -0.15) is 0 Å². The highest BCUT2D eigenvalue weighted by Crippen LogP contribution is 2.34. The highest BCUT2D eigenvalue weighted by atomic mass is 16.3. The van der Waals surface area contributed by atoms with E-state index in [1.807, 2.05) is 24.4 Å². The summed E-state index contributed by atoms with van der Waals surface area (Å²) in [5.74, 6) is -0.222. The fourth-order valence-corrected chi connectivity index (χ4v) is 1.82. The summed E-state index contributed by atoms with van der Waals surface area (Å²) < 4.78 is 1.80. The van der Waals surface area contributed by atoms with Crippen molar-refractivity contribution in [2.45, 2.75) is 18.4 Å². The maximum absolute atomic E-state index is 11.9. The maximum Gasteiger partial charge on any atom is 0.272 e. The largest absolute Gasteiger partial charge is 0.394 e. The molecule has 5 heteroatoms. The van der Waals surface area contributed by atoms with Gasteiger partial charge in [0.25, 0.3) is 5.91 Å². The van der Waals surface area contributed by atoms with Crippen LogP contribution in [0, 0.1) is 0 Å². The third kappa shape index (κ3) is 1.78. The molecule has 5 nitrogen and oxygen atoms in total. The van der Waals surface area contributed by atoms with Gasteiger partial charge >= 0.3 is 0 Å². The molecule has 0 bridgehead atoms. The van der Waals surface area contributed by atoms with Crippen molar-refractivity contribution in [1.82, 2.24) is 14.7 Å². The van der Waals surface area contributed by atoms with E-state index in [0.29, 0.717) is 5.69 Å². The number of imidazole rings is 1. The number of nitrogens with one attached hydrogen (secondary N) is 1. The molecule has 0 aliphatic heterocycles. The van der Waals surface area contributed by atoms with Crippen LogP contribution in [-0.2, 0) is 0 Å². The van der Waals surface area contributed by atoms with Gasteiger partial charge in [-0.3, -0.25) is 4.79 Å². The number of nitrogens with zero attached hydrogens (tertiary/aromatic N) is 2. The monoisotopic (exact) mass is 231 g/mol. The van der Waals surface area contributed by atoms with Crippen LogP contribution in [0.15, 0.2) is 30.6 Å². The van der Waals surface area contributed by atoms with E-state index >= 15 is 0 Å². The van der Waals surface area contributed by atoms with Gasteiger partial charge in [-0.25, -0.2) is 4.98 Å². The molecule has 1 saturated carbocycles. The summed E-state index contributed by atoms with van der Waals surface area (Å²) in [6.07, 6.45) is 5.21. The lowest BCUT2D eigenvalue weighted by molar-refractivity contribution is 0.0902. The Morgan fingerprint density at radius 3 is 3.00 bits per heavy atom. The predicted molar refractivity (Wildman–Crippen MR) is 61.7 cm³/mol. The molecular formula is C12H13N3O2. The Bertz CT molecular complexity index is 539. The van der Waals surface area contributed by atoms with Crippen molar-refractivity contribution in [2.75, 3.05) is 6.61 Å². The standard InChI is InChI=1S/C12H13N3O2/c16-8-12(4-5-12)14-11(17)9-7-15-6-2-1-3-10(15)13-9/h1-3,6-7,16H,4-5,8H2,(H,14,17). The maximum atomic E-state index is 11.9. The van der Waals surface area contributed by atoms with Crippen molar-refractivity contribution in [1.29, 1.82) is 0 Å². The van der Waals surface area contributed by atoms with Crippen LogP contribution in [-0.4, -0.2) is 32.5 Å². The lowest BCUT2D eigenvalue weighted by Crippen LogP contribution is -2.39. The predicted octanol–water partition coefficient (Wildman–Crippen LogP) is 0.589. The lowest BCUT2D eigenvalue weighted by Gasteiger charge is -2.12. The van der Waals surface area contributed by atoms with Gasteiger partial charge in [0.05, 0.1) is 12.1 Å². The van der Waals surface area contributed by atoms with Crippen LogP contribution >= 0.6 is 0 Å². The van der Waals surface area contributed by atoms with Crippen molar-refractivity contribution in [3.63, 3.8) is 0 Å². The molecule has 3 rings (SSSR count). The van der Waals surface area contributed by atoms with Crippen molar-refractivity contribution in [2.24, 2.45) is 0 Å². The van der Waals surface area contributed by atoms with Gasteiger partial charge < -0.3 is 14.8 Å². The molecule has 1 fully saturated rings. The summed E-state index contributed by atoms with van der Waals surface area (Å²) >= 11 is 0. The van der Waals surface area contributed by atoms with Gasteiger partial charge in [-0.05, 0) is 25.0 Å². The number of hydrogen-bond donors (Lipinski definition) is 2. The topological polar surface area (TPSA) is 66.6 Å². The number of rotatable bonds is 3. The molecule has 1 aliphatic carbocycles. The minimum Gasteiger partial charge on any atom is -0.394 e. The SMILES string of the molecule is O=C(NC1(CO)CC1)c1cn2ccccc2n1. The van der Waals surface area contributed by atoms with Crippen molar-refractivity contribution >= 4 is 11.6 Å². The minimum absolute atomic E-state index is 0.00783. The molecule has 0 atom stereocenters. The van der Waals surface area contributed by atoms with Crippen molar-refractivity contribution < 1.29 is 9.90 Å². The number of fused-ring (bicyclic) bond motifs is 1. The average Bonchev–Trinajstić information content (AvgIpc) is 2.98. The molecule has 2 aromatic rings. The Balaban J connectivity index is 1.86. The Labute approximate surface area is 98.1 Å². The zero-order valence-corrected chi connectivity index (χ0v) is 9.26. The van der Waals surface area contributed by atoms with Crippen LogP contribution in [0.2, 0.25) is 0 Å². The molecule has 2 N–H and O–H groups in total. The van der Waals surface area contributed by atoms with Crippen LogP contribution in [0.4, 0.5) is 0 Å². The Hall–Kier alpha value is -1.88. The Morgan fingerprint density at radius 1 is 1.53 bits per heavy atom. The normalized spacial score (nSPS) is 17.0. The summed E-state index contributed by atoms with van der Waals surface area (Å²) in [5.41, 5.74) is 0.731. The van der Waals surface area contributed by atoms with E-state index in [4.69, 9.17) is 5.11 Å². The zero-order valence-electron chi connectivity index (χ0n) is 9.26. The second-order valence-corrected chi connectivity index (χ2v) is 4.48. The van der Waals surface area contributed by atoms with E-state index in [1.54, 1.807) is 10.6 Å². The van der Waals surface area contributed by atoms with E-state index in [0.717, 1.165) is 18.5 Å². The van der Waals surface area contributed by atoms with Crippen LogP contribution in [0.3, 0.4) is 0 Å². The average molecular weight is 231 g/mol. The van der Waals surface area contributed by atoms with E-state index in [1.165, 1.54) is 0 Å². The molecule has 0 radical (unpaired) electrons. The first-order valence-corrected chi connectivity index (χ1v) is 5.60. The lowest BCUT2D eigenvalue weighted by atomic mass is 10.3. The van der Waals surface area contributed by atoms with E-state index in [-0.39, 0.29) is 12.5 Å². The first-order chi connectivity index (χ1) is 8.22. The molecule has 0 spiro atoms. The highest BCUT2D eigenvalue weighted by molar-refractivity contribution is 5.93. The summed E-state index contributed by atoms with van der Waals surface area (Å²) in [6, 6.07) is 5.60. The number of carbonyl (C=O) groups excluding carboxylic acids is 1. The van der Waals surface area contributed by atoms with E-state index in [2.05, 4.69) is 10.3 Å². The number of carbonyl (C=O) groups is 1. The van der Waals surface area contributed by atoms with E-state index in [9.17, 15) is 4.79 Å². The van der Waals surface area contributed by atoms with Crippen LogP contribution in [0.25, 0.3) is 5.65 Å². The molecule has 2 heterocycles. The first-order valence-electron chi connectivity index (χ1n) is 5.60. The number of amides is 1. The van der Waals surface area contributed by atoms with Gasteiger partial charge in [0.1, 0.15) is 11.3 Å². The van der Waals surface area contributed by atoms with Gasteiger partial charge in [0.2, 0.25) is 0 Å². The number of aromatic nitrogens is 2. The summed E-state index contributed by atoms with van der Waals surface area (Å²) in [7, 11) is 0. The molecule has 0 saturated heterocycles. The molecule has 17 heavy (non-hydrogen) atoms. The van der Waals surface area contributed by atoms with Crippen molar-refractivity contribution in [3.05, 3.63) is 36.3 Å². The Kier molecular flexibility index (Phi) is 2.16. The molecule has 1 amide bonds. The number of aliphatic hydroxyl groups is 1. The Morgan fingerprint density at radius 2 is 2.35 bits per heavy atom. The van der Waals surface area contributed by atoms with Gasteiger partial charge in [-0.1, -0.05) is 6.07 Å². The highest BCUT2D eigenvalue weighted by Gasteiger charge is 2.43.